The lowest BCUT2D eigenvalue weighted by molar-refractivity contribution is -0.00225. The Hall–Kier alpha value is -2.81. The second-order valence-corrected chi connectivity index (χ2v) is 7.92. The summed E-state index contributed by atoms with van der Waals surface area (Å²) in [5.74, 6) is 0.730. The zero-order valence-electron chi connectivity index (χ0n) is 16.0. The molecule has 8 heteroatoms. The van der Waals surface area contributed by atoms with E-state index in [1.54, 1.807) is 18.4 Å². The van der Waals surface area contributed by atoms with Gasteiger partial charge in [0.05, 0.1) is 53.9 Å². The molecule has 4 heterocycles. The lowest BCUT2D eigenvalue weighted by Crippen LogP contribution is -2.44. The molecule has 0 radical (unpaired) electrons. The third-order valence-electron chi connectivity index (χ3n) is 5.08. The van der Waals surface area contributed by atoms with E-state index >= 15 is 0 Å². The van der Waals surface area contributed by atoms with Crippen molar-refractivity contribution in [3.05, 3.63) is 59.8 Å². The van der Waals surface area contributed by atoms with E-state index < -0.39 is 0 Å². The molecular weight excluding hydrogens is 386 g/mol. The predicted molar refractivity (Wildman–Crippen MR) is 114 cm³/mol. The number of nitrogens with zero attached hydrogens (tertiary/aromatic N) is 4. The molecule has 0 spiro atoms. The van der Waals surface area contributed by atoms with Crippen LogP contribution in [0.25, 0.3) is 21.1 Å². The van der Waals surface area contributed by atoms with Gasteiger partial charge in [0, 0.05) is 12.5 Å². The lowest BCUT2D eigenvalue weighted by Gasteiger charge is -2.37. The largest absolute Gasteiger partial charge is 0.381 e. The van der Waals surface area contributed by atoms with Gasteiger partial charge in [-0.2, -0.15) is 5.10 Å². The summed E-state index contributed by atoms with van der Waals surface area (Å²) < 4.78 is 12.7. The van der Waals surface area contributed by atoms with E-state index in [1.807, 2.05) is 42.0 Å². The number of hydrogen-bond acceptors (Lipinski definition) is 7. The summed E-state index contributed by atoms with van der Waals surface area (Å²) in [6.45, 7) is 1.92. The van der Waals surface area contributed by atoms with Crippen molar-refractivity contribution in [1.82, 2.24) is 20.2 Å². The highest BCUT2D eigenvalue weighted by molar-refractivity contribution is 7.17. The van der Waals surface area contributed by atoms with Gasteiger partial charge in [0.15, 0.2) is 0 Å². The highest BCUT2D eigenvalue weighted by Crippen LogP contribution is 2.32. The maximum absolute atomic E-state index is 6.44. The minimum atomic E-state index is -0.121. The van der Waals surface area contributed by atoms with E-state index in [4.69, 9.17) is 14.5 Å². The molecule has 3 aromatic heterocycles. The molecule has 7 nitrogen and oxygen atoms in total. The van der Waals surface area contributed by atoms with Crippen LogP contribution in [0.15, 0.2) is 54.2 Å². The Bertz CT molecular complexity index is 1150. The van der Waals surface area contributed by atoms with Gasteiger partial charge in [0.2, 0.25) is 5.95 Å². The van der Waals surface area contributed by atoms with Gasteiger partial charge in [-0.25, -0.2) is 9.97 Å². The Balaban J connectivity index is 1.50. The first-order valence-electron chi connectivity index (χ1n) is 9.50. The van der Waals surface area contributed by atoms with Crippen molar-refractivity contribution in [1.29, 1.82) is 0 Å². The van der Waals surface area contributed by atoms with Gasteiger partial charge in [-0.1, -0.05) is 24.3 Å². The molecule has 2 unspecified atom stereocenters. The van der Waals surface area contributed by atoms with E-state index in [1.165, 1.54) is 0 Å². The van der Waals surface area contributed by atoms with Crippen LogP contribution in [-0.4, -0.2) is 53.1 Å². The quantitative estimate of drug-likeness (QED) is 0.508. The molecule has 1 aromatic carbocycles. The Morgan fingerprint density at radius 2 is 2.28 bits per heavy atom. The minimum absolute atomic E-state index is 0.0900. The lowest BCUT2D eigenvalue weighted by atomic mass is 10.0. The molecule has 1 aliphatic heterocycles. The number of anilines is 1. The number of ether oxygens (including phenoxy) is 2. The summed E-state index contributed by atoms with van der Waals surface area (Å²) in [5.41, 5.74) is 3.10. The number of aromatic nitrogens is 4. The first-order chi connectivity index (χ1) is 14.3. The number of nitrogens with one attached hydrogen (secondary N) is 1. The van der Waals surface area contributed by atoms with Crippen LogP contribution in [-0.2, 0) is 9.47 Å². The van der Waals surface area contributed by atoms with Gasteiger partial charge in [-0.3, -0.25) is 5.10 Å². The fourth-order valence-corrected chi connectivity index (χ4v) is 4.41. The van der Waals surface area contributed by atoms with Gasteiger partial charge < -0.3 is 14.4 Å². The summed E-state index contributed by atoms with van der Waals surface area (Å²) in [6, 6.07) is 8.19. The number of thiophene rings is 1. The molecule has 2 atom stereocenters. The molecule has 1 fully saturated rings. The molecule has 29 heavy (non-hydrogen) atoms. The van der Waals surface area contributed by atoms with Crippen LogP contribution in [0.4, 0.5) is 5.95 Å². The number of hydrogen-bond donors (Lipinski definition) is 1. The number of methoxy groups -OCH3 is 1. The molecule has 1 aliphatic rings. The van der Waals surface area contributed by atoms with E-state index in [0.717, 1.165) is 32.6 Å². The third-order valence-corrected chi connectivity index (χ3v) is 5.92. The maximum Gasteiger partial charge on any atom is 0.226 e. The highest BCUT2D eigenvalue weighted by Gasteiger charge is 2.30. The zero-order chi connectivity index (χ0) is 19.6. The second kappa shape index (κ2) is 7.90. The van der Waals surface area contributed by atoms with E-state index in [2.05, 4.69) is 32.2 Å². The number of morpholine rings is 1. The van der Waals surface area contributed by atoms with E-state index in [9.17, 15) is 0 Å². The number of H-pyrrole nitrogens is 1. The topological polar surface area (TPSA) is 76.2 Å². The van der Waals surface area contributed by atoms with Gasteiger partial charge >= 0.3 is 0 Å². The molecule has 0 aliphatic carbocycles. The number of aromatic amines is 1. The van der Waals surface area contributed by atoms with Gasteiger partial charge in [-0.15, -0.1) is 11.3 Å². The van der Waals surface area contributed by atoms with E-state index in [0.29, 0.717) is 19.7 Å². The first-order valence-corrected chi connectivity index (χ1v) is 10.4. The minimum Gasteiger partial charge on any atom is -0.381 e. The molecule has 148 valence electrons. The molecule has 1 saturated heterocycles. The van der Waals surface area contributed by atoms with Crippen molar-refractivity contribution in [2.24, 2.45) is 0 Å². The van der Waals surface area contributed by atoms with Crippen LogP contribution in [0.3, 0.4) is 0 Å². The van der Waals surface area contributed by atoms with Crippen molar-refractivity contribution in [2.45, 2.75) is 12.2 Å². The third kappa shape index (κ3) is 3.62. The monoisotopic (exact) mass is 407 g/mol. The summed E-state index contributed by atoms with van der Waals surface area (Å²) >= 11 is 1.65. The standard InChI is InChI=1S/C21H21N5O2S/c1-27-8-3-4-14-12-26(21-22-11-20-18(24-21)7-9-29-20)13-19(28-14)15-5-2-6-17-16(15)10-23-25-17/h2-7,9-11,14,19H,8,12-13H2,1H3,(H,23,25)/b4-3+. The van der Waals surface area contributed by atoms with Crippen LogP contribution in [0.5, 0.6) is 0 Å². The fourth-order valence-electron chi connectivity index (χ4n) is 3.71. The Morgan fingerprint density at radius 3 is 3.21 bits per heavy atom. The van der Waals surface area contributed by atoms with Crippen LogP contribution < -0.4 is 4.90 Å². The summed E-state index contributed by atoms with van der Waals surface area (Å²) in [7, 11) is 1.69. The maximum atomic E-state index is 6.44. The number of rotatable bonds is 5. The van der Waals surface area contributed by atoms with Gasteiger partial charge in [-0.05, 0) is 23.1 Å². The van der Waals surface area contributed by atoms with Crippen molar-refractivity contribution in [3.63, 3.8) is 0 Å². The predicted octanol–water partition coefficient (Wildman–Crippen LogP) is 3.72. The second-order valence-electron chi connectivity index (χ2n) is 6.97. The average Bonchev–Trinajstić information content (AvgIpc) is 3.42. The molecule has 0 saturated carbocycles. The number of fused-ring (bicyclic) bond motifs is 2. The normalized spacial score (nSPS) is 20.2. The van der Waals surface area contributed by atoms with Gasteiger partial charge in [0.25, 0.3) is 0 Å². The van der Waals surface area contributed by atoms with Gasteiger partial charge in [0.1, 0.15) is 6.10 Å². The Kier molecular flexibility index (Phi) is 4.97. The molecule has 4 aromatic rings. The van der Waals surface area contributed by atoms with Crippen molar-refractivity contribution >= 4 is 38.4 Å². The van der Waals surface area contributed by atoms with Crippen LogP contribution in [0, 0.1) is 0 Å². The Labute approximate surface area is 172 Å². The van der Waals surface area contributed by atoms with Crippen LogP contribution in [0.2, 0.25) is 0 Å². The summed E-state index contributed by atoms with van der Waals surface area (Å²) in [6.07, 6.45) is 7.60. The first kappa shape index (κ1) is 18.2. The van der Waals surface area contributed by atoms with Crippen LogP contribution in [0.1, 0.15) is 11.7 Å². The number of benzene rings is 1. The van der Waals surface area contributed by atoms with Crippen LogP contribution >= 0.6 is 11.3 Å². The highest BCUT2D eigenvalue weighted by atomic mass is 32.1. The van der Waals surface area contributed by atoms with Crippen molar-refractivity contribution < 1.29 is 9.47 Å². The molecule has 0 bridgehead atoms. The average molecular weight is 407 g/mol. The molecule has 0 amide bonds. The van der Waals surface area contributed by atoms with E-state index in [-0.39, 0.29) is 12.2 Å². The molecule has 5 rings (SSSR count). The van der Waals surface area contributed by atoms with Crippen molar-refractivity contribution in [2.75, 3.05) is 31.7 Å². The molecular formula is C21H21N5O2S. The summed E-state index contributed by atoms with van der Waals surface area (Å²) in [4.78, 5) is 11.6. The summed E-state index contributed by atoms with van der Waals surface area (Å²) in [5, 5.41) is 10.4. The van der Waals surface area contributed by atoms with Crippen molar-refractivity contribution in [3.8, 4) is 0 Å². The smallest absolute Gasteiger partial charge is 0.226 e. The SMILES string of the molecule is COC/C=C/C1CN(c2ncc3sccc3n2)CC(c2cccc3[nH]ncc23)O1. The Morgan fingerprint density at radius 1 is 1.31 bits per heavy atom. The molecule has 1 N–H and O–H groups in total. The fraction of sp³-hybridized carbons (Fsp3) is 0.286. The zero-order valence-corrected chi connectivity index (χ0v) is 16.8.